The second kappa shape index (κ2) is 5.05. The lowest BCUT2D eigenvalue weighted by Gasteiger charge is -2.12. The minimum Gasteiger partial charge on any atom is -0.311 e. The summed E-state index contributed by atoms with van der Waals surface area (Å²) in [5, 5.41) is 0. The molecule has 0 spiro atoms. The summed E-state index contributed by atoms with van der Waals surface area (Å²) in [4.78, 5) is 9.10. The Balaban J connectivity index is 2.52. The van der Waals surface area contributed by atoms with Crippen LogP contribution >= 0.6 is 11.6 Å². The predicted octanol–water partition coefficient (Wildman–Crippen LogP) is 3.52. The Morgan fingerprint density at radius 1 is 1.35 bits per heavy atom. The maximum atomic E-state index is 5.96. The highest BCUT2D eigenvalue weighted by molar-refractivity contribution is 6.16. The number of hydrogen-bond acceptors (Lipinski definition) is 2. The van der Waals surface area contributed by atoms with Crippen molar-refractivity contribution in [3.05, 3.63) is 23.7 Å². The number of fused-ring (bicyclic) bond motifs is 1. The number of aromatic nitrogens is 3. The summed E-state index contributed by atoms with van der Waals surface area (Å²) in [6.07, 6.45) is 1.15. The molecule has 1 atom stereocenters. The fourth-order valence-corrected chi connectivity index (χ4v) is 2.08. The van der Waals surface area contributed by atoms with E-state index in [0.717, 1.165) is 35.6 Å². The molecule has 0 radical (unpaired) electrons. The maximum Gasteiger partial charge on any atom is 0.160 e. The van der Waals surface area contributed by atoms with Gasteiger partial charge in [0.15, 0.2) is 5.65 Å². The number of rotatable bonds is 4. The van der Waals surface area contributed by atoms with Crippen LogP contribution in [0.4, 0.5) is 0 Å². The van der Waals surface area contributed by atoms with Crippen molar-refractivity contribution in [1.82, 2.24) is 14.5 Å². The summed E-state index contributed by atoms with van der Waals surface area (Å²) in [6.45, 7) is 7.37. The molecule has 0 aromatic carbocycles. The van der Waals surface area contributed by atoms with Crippen molar-refractivity contribution in [2.45, 2.75) is 39.6 Å². The van der Waals surface area contributed by atoms with Gasteiger partial charge in [0.25, 0.3) is 0 Å². The van der Waals surface area contributed by atoms with Crippen molar-refractivity contribution in [3.8, 4) is 0 Å². The van der Waals surface area contributed by atoms with Crippen LogP contribution in [0.1, 0.15) is 31.8 Å². The lowest BCUT2D eigenvalue weighted by Crippen LogP contribution is -2.10. The molecule has 1 unspecified atom stereocenters. The zero-order chi connectivity index (χ0) is 12.4. The van der Waals surface area contributed by atoms with Crippen LogP contribution in [0.5, 0.6) is 0 Å². The number of nitrogens with zero attached hydrogens (tertiary/aromatic N) is 3. The quantitative estimate of drug-likeness (QED) is 0.779. The van der Waals surface area contributed by atoms with Gasteiger partial charge >= 0.3 is 0 Å². The standard InChI is InChI=1S/C13H18ClN3/c1-4-9(2)8-17-12(7-14)16-11-6-5-10(3)15-13(11)17/h5-6,9H,4,7-8H2,1-3H3. The summed E-state index contributed by atoms with van der Waals surface area (Å²) in [7, 11) is 0. The van der Waals surface area contributed by atoms with Crippen molar-refractivity contribution in [3.63, 3.8) is 0 Å². The van der Waals surface area contributed by atoms with Gasteiger partial charge in [-0.3, -0.25) is 0 Å². The van der Waals surface area contributed by atoms with Crippen LogP contribution in [0.15, 0.2) is 12.1 Å². The van der Waals surface area contributed by atoms with Gasteiger partial charge in [-0.2, -0.15) is 0 Å². The lowest BCUT2D eigenvalue weighted by molar-refractivity contribution is 0.467. The zero-order valence-electron chi connectivity index (χ0n) is 10.6. The summed E-state index contributed by atoms with van der Waals surface area (Å²) in [5.41, 5.74) is 2.92. The summed E-state index contributed by atoms with van der Waals surface area (Å²) < 4.78 is 2.16. The molecule has 0 aliphatic heterocycles. The van der Waals surface area contributed by atoms with E-state index in [-0.39, 0.29) is 0 Å². The zero-order valence-corrected chi connectivity index (χ0v) is 11.3. The van der Waals surface area contributed by atoms with E-state index in [1.165, 1.54) is 0 Å². The van der Waals surface area contributed by atoms with E-state index in [1.54, 1.807) is 0 Å². The third-order valence-corrected chi connectivity index (χ3v) is 3.36. The molecule has 0 amide bonds. The summed E-state index contributed by atoms with van der Waals surface area (Å²) in [6, 6.07) is 4.00. The van der Waals surface area contributed by atoms with E-state index in [1.807, 2.05) is 19.1 Å². The van der Waals surface area contributed by atoms with Crippen LogP contribution in [-0.2, 0) is 12.4 Å². The molecule has 0 saturated carbocycles. The number of aryl methyl sites for hydroxylation is 1. The number of imidazole rings is 1. The summed E-state index contributed by atoms with van der Waals surface area (Å²) >= 11 is 5.96. The average molecular weight is 252 g/mol. The first-order chi connectivity index (χ1) is 8.15. The first-order valence-electron chi connectivity index (χ1n) is 6.04. The fourth-order valence-electron chi connectivity index (χ4n) is 1.88. The number of pyridine rings is 1. The SMILES string of the molecule is CCC(C)Cn1c(CCl)nc2ccc(C)nc21. The van der Waals surface area contributed by atoms with E-state index in [2.05, 4.69) is 28.4 Å². The Labute approximate surface area is 107 Å². The van der Waals surface area contributed by atoms with Crippen molar-refractivity contribution in [2.24, 2.45) is 5.92 Å². The molecule has 92 valence electrons. The Morgan fingerprint density at radius 2 is 2.12 bits per heavy atom. The largest absolute Gasteiger partial charge is 0.311 e. The first-order valence-corrected chi connectivity index (χ1v) is 6.57. The van der Waals surface area contributed by atoms with Crippen molar-refractivity contribution >= 4 is 22.8 Å². The molecular formula is C13H18ClN3. The smallest absolute Gasteiger partial charge is 0.160 e. The number of halogens is 1. The molecule has 3 nitrogen and oxygen atoms in total. The van der Waals surface area contributed by atoms with Gasteiger partial charge in [0.05, 0.1) is 5.88 Å². The average Bonchev–Trinajstić information content (AvgIpc) is 2.67. The van der Waals surface area contributed by atoms with Gasteiger partial charge in [-0.25, -0.2) is 9.97 Å². The van der Waals surface area contributed by atoms with Crippen LogP contribution in [0.3, 0.4) is 0 Å². The Kier molecular flexibility index (Phi) is 3.67. The third kappa shape index (κ3) is 2.44. The van der Waals surface area contributed by atoms with Gasteiger partial charge in [0.2, 0.25) is 0 Å². The van der Waals surface area contributed by atoms with E-state index in [9.17, 15) is 0 Å². The van der Waals surface area contributed by atoms with E-state index in [4.69, 9.17) is 11.6 Å². The number of alkyl halides is 1. The van der Waals surface area contributed by atoms with Gasteiger partial charge < -0.3 is 4.57 Å². The molecular weight excluding hydrogens is 234 g/mol. The molecule has 2 rings (SSSR count). The maximum absolute atomic E-state index is 5.96. The van der Waals surface area contributed by atoms with Gasteiger partial charge in [-0.1, -0.05) is 20.3 Å². The van der Waals surface area contributed by atoms with Crippen LogP contribution in [0, 0.1) is 12.8 Å². The van der Waals surface area contributed by atoms with E-state index >= 15 is 0 Å². The predicted molar refractivity (Wildman–Crippen MR) is 71.3 cm³/mol. The molecule has 0 bridgehead atoms. The highest BCUT2D eigenvalue weighted by Gasteiger charge is 2.13. The molecule has 0 N–H and O–H groups in total. The Bertz CT molecular complexity index is 519. The molecule has 0 aliphatic carbocycles. The first kappa shape index (κ1) is 12.4. The van der Waals surface area contributed by atoms with Crippen molar-refractivity contribution in [2.75, 3.05) is 0 Å². The lowest BCUT2D eigenvalue weighted by atomic mass is 10.1. The molecule has 2 aromatic heterocycles. The third-order valence-electron chi connectivity index (χ3n) is 3.12. The fraction of sp³-hybridized carbons (Fsp3) is 0.538. The highest BCUT2D eigenvalue weighted by atomic mass is 35.5. The normalized spacial score (nSPS) is 13.2. The van der Waals surface area contributed by atoms with Gasteiger partial charge in [0.1, 0.15) is 11.3 Å². The van der Waals surface area contributed by atoms with Gasteiger partial charge in [0, 0.05) is 12.2 Å². The second-order valence-electron chi connectivity index (χ2n) is 4.58. The molecule has 0 fully saturated rings. The van der Waals surface area contributed by atoms with Crippen molar-refractivity contribution in [1.29, 1.82) is 0 Å². The Morgan fingerprint density at radius 3 is 2.76 bits per heavy atom. The van der Waals surface area contributed by atoms with Gasteiger partial charge in [-0.15, -0.1) is 11.6 Å². The molecule has 0 saturated heterocycles. The molecule has 4 heteroatoms. The minimum atomic E-state index is 0.436. The summed E-state index contributed by atoms with van der Waals surface area (Å²) in [5.74, 6) is 1.96. The molecule has 2 aromatic rings. The molecule has 2 heterocycles. The topological polar surface area (TPSA) is 30.7 Å². The van der Waals surface area contributed by atoms with Crippen molar-refractivity contribution < 1.29 is 0 Å². The van der Waals surface area contributed by atoms with E-state index < -0.39 is 0 Å². The van der Waals surface area contributed by atoms with Gasteiger partial charge in [-0.05, 0) is 25.0 Å². The van der Waals surface area contributed by atoms with Crippen LogP contribution in [0.25, 0.3) is 11.2 Å². The molecule has 17 heavy (non-hydrogen) atoms. The van der Waals surface area contributed by atoms with Crippen LogP contribution < -0.4 is 0 Å². The second-order valence-corrected chi connectivity index (χ2v) is 4.85. The monoisotopic (exact) mass is 251 g/mol. The minimum absolute atomic E-state index is 0.436. The number of hydrogen-bond donors (Lipinski definition) is 0. The van der Waals surface area contributed by atoms with E-state index in [0.29, 0.717) is 11.8 Å². The van der Waals surface area contributed by atoms with Crippen LogP contribution in [-0.4, -0.2) is 14.5 Å². The molecule has 0 aliphatic rings. The van der Waals surface area contributed by atoms with Crippen LogP contribution in [0.2, 0.25) is 0 Å². The Hall–Kier alpha value is -1.09. The highest BCUT2D eigenvalue weighted by Crippen LogP contribution is 2.18.